The van der Waals surface area contributed by atoms with Gasteiger partial charge in [-0.2, -0.15) is 5.10 Å². The molecule has 2 aromatic carbocycles. The lowest BCUT2D eigenvalue weighted by Gasteiger charge is -2.08. The smallest absolute Gasteiger partial charge is 0.276 e. The SMILES string of the molecule is Cc1nn(-c2ccccc2)c(C)c1CNC(=O)c1cc(F)c(C)c([N+](=O)[O-])c1. The van der Waals surface area contributed by atoms with E-state index in [9.17, 15) is 19.3 Å². The maximum atomic E-state index is 13.9. The fraction of sp³-hybridized carbons (Fsp3) is 0.200. The molecule has 0 bridgehead atoms. The molecule has 3 rings (SSSR count). The monoisotopic (exact) mass is 382 g/mol. The average molecular weight is 382 g/mol. The molecule has 0 radical (unpaired) electrons. The van der Waals surface area contributed by atoms with Gasteiger partial charge in [0.15, 0.2) is 0 Å². The van der Waals surface area contributed by atoms with Crippen LogP contribution in [0.25, 0.3) is 5.69 Å². The summed E-state index contributed by atoms with van der Waals surface area (Å²) in [6.45, 7) is 5.21. The first-order chi connectivity index (χ1) is 13.3. The largest absolute Gasteiger partial charge is 0.348 e. The molecule has 28 heavy (non-hydrogen) atoms. The quantitative estimate of drug-likeness (QED) is 0.537. The minimum Gasteiger partial charge on any atom is -0.348 e. The zero-order valence-corrected chi connectivity index (χ0v) is 15.7. The van der Waals surface area contributed by atoms with Crippen LogP contribution in [0.5, 0.6) is 0 Å². The van der Waals surface area contributed by atoms with Crippen LogP contribution in [-0.4, -0.2) is 20.6 Å². The second kappa shape index (κ2) is 7.59. The minimum atomic E-state index is -0.788. The van der Waals surface area contributed by atoms with Crippen LogP contribution in [-0.2, 0) is 6.54 Å². The first-order valence-corrected chi connectivity index (χ1v) is 8.63. The fourth-order valence-electron chi connectivity index (χ4n) is 3.01. The Hall–Kier alpha value is -3.55. The Balaban J connectivity index is 1.83. The van der Waals surface area contributed by atoms with E-state index in [4.69, 9.17) is 0 Å². The number of amides is 1. The molecule has 0 aliphatic heterocycles. The molecule has 0 unspecified atom stereocenters. The molecule has 1 amide bonds. The first kappa shape index (κ1) is 19.2. The van der Waals surface area contributed by atoms with Crippen molar-refractivity contribution in [2.75, 3.05) is 0 Å². The molecule has 3 aromatic rings. The topological polar surface area (TPSA) is 90.1 Å². The lowest BCUT2D eigenvalue weighted by molar-refractivity contribution is -0.385. The zero-order chi connectivity index (χ0) is 20.4. The summed E-state index contributed by atoms with van der Waals surface area (Å²) in [6, 6.07) is 11.7. The van der Waals surface area contributed by atoms with E-state index in [-0.39, 0.29) is 17.7 Å². The molecule has 8 heteroatoms. The molecule has 0 aliphatic rings. The normalized spacial score (nSPS) is 10.7. The van der Waals surface area contributed by atoms with Gasteiger partial charge in [0.05, 0.1) is 21.9 Å². The molecule has 1 aromatic heterocycles. The number of nitrogens with one attached hydrogen (secondary N) is 1. The number of aryl methyl sites for hydroxylation is 1. The first-order valence-electron chi connectivity index (χ1n) is 8.63. The van der Waals surface area contributed by atoms with Gasteiger partial charge in [-0.25, -0.2) is 9.07 Å². The highest BCUT2D eigenvalue weighted by molar-refractivity contribution is 5.95. The van der Waals surface area contributed by atoms with Gasteiger partial charge in [0.1, 0.15) is 5.82 Å². The average Bonchev–Trinajstić information content (AvgIpc) is 2.96. The van der Waals surface area contributed by atoms with Gasteiger partial charge in [0.25, 0.3) is 11.6 Å². The molecule has 144 valence electrons. The van der Waals surface area contributed by atoms with Gasteiger partial charge >= 0.3 is 0 Å². The summed E-state index contributed by atoms with van der Waals surface area (Å²) < 4.78 is 15.7. The number of benzene rings is 2. The van der Waals surface area contributed by atoms with Gasteiger partial charge in [-0.15, -0.1) is 0 Å². The highest BCUT2D eigenvalue weighted by Gasteiger charge is 2.20. The molecule has 0 spiro atoms. The van der Waals surface area contributed by atoms with Gasteiger partial charge in [-0.3, -0.25) is 14.9 Å². The number of rotatable bonds is 5. The van der Waals surface area contributed by atoms with Crippen molar-refractivity contribution in [1.82, 2.24) is 15.1 Å². The molecule has 1 N–H and O–H groups in total. The Kier molecular flexibility index (Phi) is 5.21. The maximum Gasteiger partial charge on any atom is 0.276 e. The Bertz CT molecular complexity index is 1060. The van der Waals surface area contributed by atoms with Crippen LogP contribution < -0.4 is 5.32 Å². The zero-order valence-electron chi connectivity index (χ0n) is 15.7. The van der Waals surface area contributed by atoms with Crippen molar-refractivity contribution in [1.29, 1.82) is 0 Å². The van der Waals surface area contributed by atoms with Crippen molar-refractivity contribution >= 4 is 11.6 Å². The van der Waals surface area contributed by atoms with Crippen molar-refractivity contribution in [2.45, 2.75) is 27.3 Å². The van der Waals surface area contributed by atoms with Gasteiger partial charge in [-0.1, -0.05) is 18.2 Å². The third kappa shape index (κ3) is 3.62. The molecule has 0 atom stereocenters. The maximum absolute atomic E-state index is 13.9. The summed E-state index contributed by atoms with van der Waals surface area (Å²) in [4.78, 5) is 22.8. The molecular weight excluding hydrogens is 363 g/mol. The van der Waals surface area contributed by atoms with Gasteiger partial charge < -0.3 is 5.32 Å². The van der Waals surface area contributed by atoms with Crippen molar-refractivity contribution in [3.05, 3.63) is 86.5 Å². The van der Waals surface area contributed by atoms with Gasteiger partial charge in [0.2, 0.25) is 0 Å². The fourth-order valence-corrected chi connectivity index (χ4v) is 3.01. The Morgan fingerprint density at radius 2 is 1.89 bits per heavy atom. The molecule has 0 saturated heterocycles. The third-order valence-corrected chi connectivity index (χ3v) is 4.64. The van der Waals surface area contributed by atoms with Gasteiger partial charge in [-0.05, 0) is 39.0 Å². The van der Waals surface area contributed by atoms with E-state index in [0.29, 0.717) is 0 Å². The summed E-state index contributed by atoms with van der Waals surface area (Å²) in [5.74, 6) is -1.38. The van der Waals surface area contributed by atoms with Crippen molar-refractivity contribution in [3.63, 3.8) is 0 Å². The van der Waals surface area contributed by atoms with E-state index in [2.05, 4.69) is 10.4 Å². The standard InChI is InChI=1S/C20H19FN4O3/c1-12-18(21)9-15(10-19(12)25(27)28)20(26)22-11-17-13(2)23-24(14(17)3)16-7-5-4-6-8-16/h4-10H,11H2,1-3H3,(H,22,26). The predicted octanol–water partition coefficient (Wildman–Crippen LogP) is 3.77. The summed E-state index contributed by atoms with van der Waals surface area (Å²) in [7, 11) is 0. The number of nitro benzene ring substituents is 1. The van der Waals surface area contributed by atoms with Crippen LogP contribution in [0.15, 0.2) is 42.5 Å². The van der Waals surface area contributed by atoms with Crippen molar-refractivity contribution in [2.24, 2.45) is 0 Å². The molecule has 0 fully saturated rings. The van der Waals surface area contributed by atoms with Crippen molar-refractivity contribution in [3.8, 4) is 5.69 Å². The lowest BCUT2D eigenvalue weighted by atomic mass is 10.1. The number of hydrogen-bond acceptors (Lipinski definition) is 4. The Labute approximate surface area is 161 Å². The highest BCUT2D eigenvalue weighted by Crippen LogP contribution is 2.23. The molecule has 7 nitrogen and oxygen atoms in total. The van der Waals surface area contributed by atoms with Crippen LogP contribution in [0.1, 0.15) is 32.9 Å². The second-order valence-electron chi connectivity index (χ2n) is 6.44. The van der Waals surface area contributed by atoms with E-state index in [1.165, 1.54) is 6.92 Å². The Morgan fingerprint density at radius 3 is 2.54 bits per heavy atom. The third-order valence-electron chi connectivity index (χ3n) is 4.64. The Morgan fingerprint density at radius 1 is 1.21 bits per heavy atom. The second-order valence-corrected chi connectivity index (χ2v) is 6.44. The van der Waals surface area contributed by atoms with Crippen LogP contribution >= 0.6 is 0 Å². The van der Waals surface area contributed by atoms with Crippen LogP contribution in [0.4, 0.5) is 10.1 Å². The van der Waals surface area contributed by atoms with Crippen LogP contribution in [0.2, 0.25) is 0 Å². The van der Waals surface area contributed by atoms with Crippen molar-refractivity contribution < 1.29 is 14.1 Å². The lowest BCUT2D eigenvalue weighted by Crippen LogP contribution is -2.24. The summed E-state index contributed by atoms with van der Waals surface area (Å²) >= 11 is 0. The van der Waals surface area contributed by atoms with Crippen LogP contribution in [0.3, 0.4) is 0 Å². The number of nitro groups is 1. The summed E-state index contributed by atoms with van der Waals surface area (Å²) in [6.07, 6.45) is 0. The summed E-state index contributed by atoms with van der Waals surface area (Å²) in [5.41, 5.74) is 2.73. The minimum absolute atomic E-state index is 0.0967. The molecule has 1 heterocycles. The molecular formula is C20H19FN4O3. The highest BCUT2D eigenvalue weighted by atomic mass is 19.1. The number of hydrogen-bond donors (Lipinski definition) is 1. The van der Waals surface area contributed by atoms with E-state index < -0.39 is 22.3 Å². The number of nitrogens with zero attached hydrogens (tertiary/aromatic N) is 3. The number of carbonyl (C=O) groups excluding carboxylic acids is 1. The van der Waals surface area contributed by atoms with E-state index in [1.54, 1.807) is 4.68 Å². The van der Waals surface area contributed by atoms with E-state index >= 15 is 0 Å². The van der Waals surface area contributed by atoms with E-state index in [0.717, 1.165) is 34.8 Å². The summed E-state index contributed by atoms with van der Waals surface area (Å²) in [5, 5.41) is 18.3. The predicted molar refractivity (Wildman–Crippen MR) is 102 cm³/mol. The number of aromatic nitrogens is 2. The van der Waals surface area contributed by atoms with Gasteiger partial charge in [0, 0.05) is 29.4 Å². The number of para-hydroxylation sites is 1. The van der Waals surface area contributed by atoms with Crippen LogP contribution in [0, 0.1) is 36.7 Å². The number of carbonyl (C=O) groups is 1. The number of halogens is 1. The molecule has 0 saturated carbocycles. The molecule has 0 aliphatic carbocycles. The van der Waals surface area contributed by atoms with E-state index in [1.807, 2.05) is 44.2 Å².